The van der Waals surface area contributed by atoms with Gasteiger partial charge in [-0.05, 0) is 25.5 Å². The van der Waals surface area contributed by atoms with E-state index in [2.05, 4.69) is 4.90 Å². The summed E-state index contributed by atoms with van der Waals surface area (Å²) in [6.07, 6.45) is 4.34. The molecule has 1 amide bonds. The Balaban J connectivity index is 1.77. The third kappa shape index (κ3) is 2.68. The van der Waals surface area contributed by atoms with E-state index in [1.807, 2.05) is 6.92 Å². The van der Waals surface area contributed by atoms with Crippen LogP contribution in [0.25, 0.3) is 0 Å². The lowest BCUT2D eigenvalue weighted by atomic mass is 9.99. The van der Waals surface area contributed by atoms with Crippen molar-refractivity contribution in [3.05, 3.63) is 23.7 Å². The molecule has 6 heteroatoms. The van der Waals surface area contributed by atoms with Gasteiger partial charge in [0.15, 0.2) is 6.04 Å². The van der Waals surface area contributed by atoms with Crippen molar-refractivity contribution in [2.24, 2.45) is 0 Å². The Morgan fingerprint density at radius 2 is 2.24 bits per heavy atom. The van der Waals surface area contributed by atoms with Crippen molar-refractivity contribution < 1.29 is 19.1 Å². The van der Waals surface area contributed by atoms with Crippen LogP contribution in [0.3, 0.4) is 0 Å². The zero-order valence-corrected chi connectivity index (χ0v) is 12.1. The Morgan fingerprint density at radius 3 is 2.86 bits per heavy atom. The van der Waals surface area contributed by atoms with Gasteiger partial charge in [-0.15, -0.1) is 0 Å². The van der Waals surface area contributed by atoms with Gasteiger partial charge in [-0.3, -0.25) is 9.69 Å². The second kappa shape index (κ2) is 5.52. The van der Waals surface area contributed by atoms with E-state index in [1.165, 1.54) is 11.2 Å². The molecular weight excluding hydrogens is 272 g/mol. The summed E-state index contributed by atoms with van der Waals surface area (Å²) >= 11 is 0. The highest BCUT2D eigenvalue weighted by atomic mass is 16.4. The van der Waals surface area contributed by atoms with Gasteiger partial charge in [0.2, 0.25) is 5.91 Å². The van der Waals surface area contributed by atoms with E-state index in [0.717, 1.165) is 19.4 Å². The molecule has 1 saturated carbocycles. The van der Waals surface area contributed by atoms with Gasteiger partial charge in [0.1, 0.15) is 5.76 Å². The molecule has 21 heavy (non-hydrogen) atoms. The van der Waals surface area contributed by atoms with Gasteiger partial charge in [-0.2, -0.15) is 0 Å². The fourth-order valence-corrected chi connectivity index (χ4v) is 3.05. The van der Waals surface area contributed by atoms with E-state index < -0.39 is 12.0 Å². The Morgan fingerprint density at radius 1 is 1.48 bits per heavy atom. The Hall–Kier alpha value is -1.82. The SMILES string of the molecule is CCN(CC(=O)N1CCc2occc2C1C(=O)O)C1CC1. The van der Waals surface area contributed by atoms with Gasteiger partial charge >= 0.3 is 5.97 Å². The molecule has 1 aliphatic heterocycles. The number of likely N-dealkylation sites (N-methyl/N-ethyl adjacent to an activating group) is 1. The summed E-state index contributed by atoms with van der Waals surface area (Å²) in [6, 6.07) is 1.24. The highest BCUT2D eigenvalue weighted by Crippen LogP contribution is 2.32. The van der Waals surface area contributed by atoms with E-state index in [1.54, 1.807) is 6.07 Å². The molecule has 0 aromatic carbocycles. The zero-order chi connectivity index (χ0) is 15.0. The van der Waals surface area contributed by atoms with Gasteiger partial charge < -0.3 is 14.4 Å². The van der Waals surface area contributed by atoms with E-state index in [-0.39, 0.29) is 5.91 Å². The molecule has 0 saturated heterocycles. The van der Waals surface area contributed by atoms with Crippen LogP contribution in [0.15, 0.2) is 16.7 Å². The van der Waals surface area contributed by atoms with Crippen LogP contribution in [0.1, 0.15) is 37.1 Å². The molecule has 0 spiro atoms. The summed E-state index contributed by atoms with van der Waals surface area (Å²) < 4.78 is 5.30. The zero-order valence-electron chi connectivity index (χ0n) is 12.1. The van der Waals surface area contributed by atoms with Crippen molar-refractivity contribution in [3.8, 4) is 0 Å². The molecule has 2 heterocycles. The molecule has 1 N–H and O–H groups in total. The first kappa shape index (κ1) is 14.1. The number of rotatable bonds is 5. The minimum atomic E-state index is -1.000. The number of amides is 1. The monoisotopic (exact) mass is 292 g/mol. The summed E-state index contributed by atoms with van der Waals surface area (Å²) in [5.41, 5.74) is 0.608. The quantitative estimate of drug-likeness (QED) is 0.884. The molecule has 1 aromatic heterocycles. The van der Waals surface area contributed by atoms with Crippen molar-refractivity contribution >= 4 is 11.9 Å². The lowest BCUT2D eigenvalue weighted by molar-refractivity contribution is -0.151. The van der Waals surface area contributed by atoms with E-state index in [9.17, 15) is 14.7 Å². The van der Waals surface area contributed by atoms with Crippen LogP contribution in [0.4, 0.5) is 0 Å². The number of aliphatic carboxylic acids is 1. The predicted octanol–water partition coefficient (Wildman–Crippen LogP) is 1.27. The fourth-order valence-electron chi connectivity index (χ4n) is 3.05. The normalized spacial score (nSPS) is 21.4. The highest BCUT2D eigenvalue weighted by Gasteiger charge is 2.39. The summed E-state index contributed by atoms with van der Waals surface area (Å²) in [7, 11) is 0. The second-order valence-electron chi connectivity index (χ2n) is 5.67. The number of carboxylic acid groups (broad SMARTS) is 1. The third-order valence-electron chi connectivity index (χ3n) is 4.33. The number of hydrogen-bond acceptors (Lipinski definition) is 4. The van der Waals surface area contributed by atoms with Gasteiger partial charge in [0, 0.05) is 24.6 Å². The van der Waals surface area contributed by atoms with Gasteiger partial charge in [-0.1, -0.05) is 6.92 Å². The first-order chi connectivity index (χ1) is 10.1. The van der Waals surface area contributed by atoms with Gasteiger partial charge in [0.05, 0.1) is 12.8 Å². The number of carboxylic acids is 1. The van der Waals surface area contributed by atoms with Gasteiger partial charge in [0.25, 0.3) is 0 Å². The molecule has 0 radical (unpaired) electrons. The topological polar surface area (TPSA) is 74.0 Å². The molecule has 1 unspecified atom stereocenters. The van der Waals surface area contributed by atoms with Crippen LogP contribution >= 0.6 is 0 Å². The molecule has 1 atom stereocenters. The maximum Gasteiger partial charge on any atom is 0.331 e. The molecule has 1 fully saturated rings. The van der Waals surface area contributed by atoms with E-state index in [0.29, 0.717) is 36.9 Å². The molecule has 1 aromatic rings. The molecule has 0 bridgehead atoms. The first-order valence-corrected chi connectivity index (χ1v) is 7.44. The number of fused-ring (bicyclic) bond motifs is 1. The molecule has 2 aliphatic rings. The standard InChI is InChI=1S/C15H20N2O4/c1-2-16(10-3-4-10)9-13(18)17-7-5-12-11(6-8-21-12)14(17)15(19)20/h6,8,10,14H,2-5,7,9H2,1H3,(H,19,20). The number of furan rings is 1. The number of carbonyl (C=O) groups excluding carboxylic acids is 1. The van der Waals surface area contributed by atoms with Crippen molar-refractivity contribution in [2.45, 2.75) is 38.3 Å². The average molecular weight is 292 g/mol. The molecule has 6 nitrogen and oxygen atoms in total. The molecule has 114 valence electrons. The molecular formula is C15H20N2O4. The minimum Gasteiger partial charge on any atom is -0.479 e. The number of hydrogen-bond donors (Lipinski definition) is 1. The fraction of sp³-hybridized carbons (Fsp3) is 0.600. The average Bonchev–Trinajstić information content (AvgIpc) is 3.19. The van der Waals surface area contributed by atoms with Gasteiger partial charge in [-0.25, -0.2) is 4.79 Å². The summed E-state index contributed by atoms with van der Waals surface area (Å²) in [5, 5.41) is 9.49. The smallest absolute Gasteiger partial charge is 0.331 e. The number of carbonyl (C=O) groups is 2. The largest absolute Gasteiger partial charge is 0.479 e. The van der Waals surface area contributed by atoms with Crippen LogP contribution in [0, 0.1) is 0 Å². The predicted molar refractivity (Wildman–Crippen MR) is 74.8 cm³/mol. The maximum atomic E-state index is 12.5. The maximum absolute atomic E-state index is 12.5. The summed E-state index contributed by atoms with van der Waals surface area (Å²) in [5.74, 6) is -0.427. The molecule has 3 rings (SSSR count). The van der Waals surface area contributed by atoms with Crippen LogP contribution in [0.5, 0.6) is 0 Å². The highest BCUT2D eigenvalue weighted by molar-refractivity contribution is 5.86. The lowest BCUT2D eigenvalue weighted by Gasteiger charge is -2.34. The van der Waals surface area contributed by atoms with Crippen LogP contribution in [-0.4, -0.2) is 52.5 Å². The Kier molecular flexibility index (Phi) is 3.71. The summed E-state index contributed by atoms with van der Waals surface area (Å²) in [4.78, 5) is 27.7. The lowest BCUT2D eigenvalue weighted by Crippen LogP contribution is -2.47. The summed E-state index contributed by atoms with van der Waals surface area (Å²) in [6.45, 7) is 3.56. The van der Waals surface area contributed by atoms with E-state index in [4.69, 9.17) is 4.42 Å². The van der Waals surface area contributed by atoms with Crippen LogP contribution < -0.4 is 0 Å². The van der Waals surface area contributed by atoms with Crippen molar-refractivity contribution in [3.63, 3.8) is 0 Å². The van der Waals surface area contributed by atoms with Crippen molar-refractivity contribution in [1.29, 1.82) is 0 Å². The van der Waals surface area contributed by atoms with Crippen molar-refractivity contribution in [2.75, 3.05) is 19.6 Å². The first-order valence-electron chi connectivity index (χ1n) is 7.44. The second-order valence-corrected chi connectivity index (χ2v) is 5.67. The molecule has 1 aliphatic carbocycles. The van der Waals surface area contributed by atoms with Crippen LogP contribution in [-0.2, 0) is 16.0 Å². The Labute approximate surface area is 123 Å². The number of nitrogens with zero attached hydrogens (tertiary/aromatic N) is 2. The van der Waals surface area contributed by atoms with Crippen molar-refractivity contribution in [1.82, 2.24) is 9.80 Å². The minimum absolute atomic E-state index is 0.108. The Bertz CT molecular complexity index is 550. The van der Waals surface area contributed by atoms with E-state index >= 15 is 0 Å². The third-order valence-corrected chi connectivity index (χ3v) is 4.33. The van der Waals surface area contributed by atoms with Crippen LogP contribution in [0.2, 0.25) is 0 Å².